The highest BCUT2D eigenvalue weighted by Gasteiger charge is 2.20. The first kappa shape index (κ1) is 11.8. The van der Waals surface area contributed by atoms with Gasteiger partial charge in [-0.05, 0) is 6.42 Å². The molecule has 0 heterocycles. The Hall–Kier alpha value is -0.200. The molecule has 3 atom stereocenters. The molecule has 5 heteroatoms. The van der Waals surface area contributed by atoms with Crippen LogP contribution in [0.3, 0.4) is 0 Å². The summed E-state index contributed by atoms with van der Waals surface area (Å²) in [5.74, 6) is 0. The average Bonchev–Trinajstić information content (AvgIpc) is 2.12. The Morgan fingerprint density at radius 2 is 1.75 bits per heavy atom. The zero-order chi connectivity index (χ0) is 9.56. The van der Waals surface area contributed by atoms with Gasteiger partial charge in [-0.15, -0.1) is 0 Å². The van der Waals surface area contributed by atoms with Crippen molar-refractivity contribution in [2.45, 2.75) is 31.8 Å². The maximum absolute atomic E-state index is 9.18. The lowest BCUT2D eigenvalue weighted by Crippen LogP contribution is -2.36. The van der Waals surface area contributed by atoms with Crippen molar-refractivity contribution in [2.24, 2.45) is 0 Å². The first-order valence-electron chi connectivity index (χ1n) is 3.89. The number of aliphatic hydroxyl groups is 4. The van der Waals surface area contributed by atoms with Gasteiger partial charge in [0, 0.05) is 0 Å². The molecule has 0 aromatic carbocycles. The highest BCUT2D eigenvalue weighted by molar-refractivity contribution is 4.66. The van der Waals surface area contributed by atoms with E-state index in [1.807, 2.05) is 0 Å². The molecule has 5 nitrogen and oxygen atoms in total. The van der Waals surface area contributed by atoms with Crippen molar-refractivity contribution in [3.63, 3.8) is 0 Å². The molecule has 0 aliphatic carbocycles. The van der Waals surface area contributed by atoms with Gasteiger partial charge >= 0.3 is 0 Å². The van der Waals surface area contributed by atoms with Crippen molar-refractivity contribution in [1.82, 2.24) is 0 Å². The van der Waals surface area contributed by atoms with E-state index in [0.717, 1.165) is 0 Å². The summed E-state index contributed by atoms with van der Waals surface area (Å²) in [4.78, 5) is 0. The quantitative estimate of drug-likeness (QED) is 0.371. The van der Waals surface area contributed by atoms with Gasteiger partial charge in [0.05, 0.1) is 19.3 Å². The van der Waals surface area contributed by atoms with Crippen LogP contribution >= 0.6 is 0 Å². The van der Waals surface area contributed by atoms with Crippen molar-refractivity contribution in [3.05, 3.63) is 0 Å². The number of aliphatic hydroxyl groups excluding tert-OH is 4. The summed E-state index contributed by atoms with van der Waals surface area (Å²) in [5.41, 5.74) is 0. The lowest BCUT2D eigenvalue weighted by molar-refractivity contribution is -0.189. The topological polar surface area (TPSA) is 90.2 Å². The molecule has 0 saturated carbocycles. The summed E-state index contributed by atoms with van der Waals surface area (Å²) in [7, 11) is 0. The lowest BCUT2D eigenvalue weighted by Gasteiger charge is -2.22. The number of hydrogen-bond acceptors (Lipinski definition) is 5. The molecule has 0 spiro atoms. The molecule has 3 unspecified atom stereocenters. The van der Waals surface area contributed by atoms with Crippen LogP contribution in [0.1, 0.15) is 13.3 Å². The monoisotopic (exact) mass is 180 g/mol. The second-order valence-corrected chi connectivity index (χ2v) is 2.47. The van der Waals surface area contributed by atoms with Crippen LogP contribution in [0.4, 0.5) is 0 Å². The van der Waals surface area contributed by atoms with Gasteiger partial charge in [0.25, 0.3) is 0 Å². The van der Waals surface area contributed by atoms with Gasteiger partial charge in [0.1, 0.15) is 6.10 Å². The standard InChI is InChI=1S/C7H16O5/c1-2-5(10)6(3-8)12-7(11)4-9/h5-11H,2-4H2,1H3. The Balaban J connectivity index is 3.81. The van der Waals surface area contributed by atoms with E-state index < -0.39 is 25.1 Å². The Morgan fingerprint density at radius 3 is 2.08 bits per heavy atom. The Bertz CT molecular complexity index is 108. The molecule has 0 rings (SSSR count). The molecule has 4 N–H and O–H groups in total. The van der Waals surface area contributed by atoms with Gasteiger partial charge in [0.15, 0.2) is 6.29 Å². The average molecular weight is 180 g/mol. The largest absolute Gasteiger partial charge is 0.394 e. The fourth-order valence-electron chi connectivity index (χ4n) is 0.763. The highest BCUT2D eigenvalue weighted by Crippen LogP contribution is 2.04. The van der Waals surface area contributed by atoms with E-state index in [1.54, 1.807) is 6.92 Å². The van der Waals surface area contributed by atoms with Gasteiger partial charge < -0.3 is 25.2 Å². The van der Waals surface area contributed by atoms with E-state index in [1.165, 1.54) is 0 Å². The second-order valence-electron chi connectivity index (χ2n) is 2.47. The number of hydrogen-bond donors (Lipinski definition) is 4. The molecule has 0 aliphatic rings. The zero-order valence-electron chi connectivity index (χ0n) is 7.05. The van der Waals surface area contributed by atoms with Crippen LogP contribution in [0.15, 0.2) is 0 Å². The van der Waals surface area contributed by atoms with E-state index in [2.05, 4.69) is 0 Å². The predicted octanol–water partition coefficient (Wildman–Crippen LogP) is -1.55. The maximum Gasteiger partial charge on any atom is 0.178 e. The normalized spacial score (nSPS) is 18.8. The van der Waals surface area contributed by atoms with Crippen LogP contribution < -0.4 is 0 Å². The molecule has 0 aliphatic heterocycles. The third-order valence-electron chi connectivity index (χ3n) is 1.52. The first-order valence-corrected chi connectivity index (χ1v) is 3.89. The zero-order valence-corrected chi connectivity index (χ0v) is 7.05. The second kappa shape index (κ2) is 6.33. The lowest BCUT2D eigenvalue weighted by atomic mass is 10.2. The van der Waals surface area contributed by atoms with Gasteiger partial charge in [-0.25, -0.2) is 0 Å². The van der Waals surface area contributed by atoms with Crippen LogP contribution in [0.2, 0.25) is 0 Å². The van der Waals surface area contributed by atoms with Crippen molar-refractivity contribution in [3.8, 4) is 0 Å². The maximum atomic E-state index is 9.18. The van der Waals surface area contributed by atoms with E-state index >= 15 is 0 Å². The van der Waals surface area contributed by atoms with Crippen LogP contribution in [0.25, 0.3) is 0 Å². The van der Waals surface area contributed by atoms with E-state index in [0.29, 0.717) is 6.42 Å². The van der Waals surface area contributed by atoms with E-state index in [-0.39, 0.29) is 6.61 Å². The van der Waals surface area contributed by atoms with Crippen molar-refractivity contribution in [2.75, 3.05) is 13.2 Å². The number of rotatable bonds is 6. The summed E-state index contributed by atoms with van der Waals surface area (Å²) < 4.78 is 4.71. The molecule has 0 fully saturated rings. The summed E-state index contributed by atoms with van der Waals surface area (Å²) in [5, 5.41) is 35.1. The molecular weight excluding hydrogens is 164 g/mol. The minimum Gasteiger partial charge on any atom is -0.394 e. The molecular formula is C7H16O5. The predicted molar refractivity (Wildman–Crippen MR) is 41.3 cm³/mol. The highest BCUT2D eigenvalue weighted by atomic mass is 16.6. The smallest absolute Gasteiger partial charge is 0.178 e. The minimum absolute atomic E-state index is 0.383. The Kier molecular flexibility index (Phi) is 6.23. The van der Waals surface area contributed by atoms with Gasteiger partial charge in [0.2, 0.25) is 0 Å². The van der Waals surface area contributed by atoms with Crippen LogP contribution in [0.5, 0.6) is 0 Å². The summed E-state index contributed by atoms with van der Waals surface area (Å²) >= 11 is 0. The SMILES string of the molecule is CCC(O)C(CO)OC(O)CO. The van der Waals surface area contributed by atoms with Crippen LogP contribution in [-0.2, 0) is 4.74 Å². The first-order chi connectivity index (χ1) is 5.65. The van der Waals surface area contributed by atoms with E-state index in [4.69, 9.17) is 20.1 Å². The fourth-order valence-corrected chi connectivity index (χ4v) is 0.763. The molecule has 0 aromatic heterocycles. The summed E-state index contributed by atoms with van der Waals surface area (Å²) in [6.45, 7) is 0.793. The van der Waals surface area contributed by atoms with Crippen LogP contribution in [0, 0.1) is 0 Å². The summed E-state index contributed by atoms with van der Waals surface area (Å²) in [6.07, 6.45) is -2.58. The Morgan fingerprint density at radius 1 is 1.17 bits per heavy atom. The van der Waals surface area contributed by atoms with Crippen molar-refractivity contribution in [1.29, 1.82) is 0 Å². The molecule has 0 radical (unpaired) electrons. The summed E-state index contributed by atoms with van der Waals surface area (Å²) in [6, 6.07) is 0. The van der Waals surface area contributed by atoms with E-state index in [9.17, 15) is 5.11 Å². The molecule has 0 bridgehead atoms. The fraction of sp³-hybridized carbons (Fsp3) is 1.00. The molecule has 12 heavy (non-hydrogen) atoms. The molecule has 0 aromatic rings. The van der Waals surface area contributed by atoms with Crippen LogP contribution in [-0.4, -0.2) is 52.1 Å². The van der Waals surface area contributed by atoms with Gasteiger partial charge in [-0.3, -0.25) is 0 Å². The van der Waals surface area contributed by atoms with Crippen molar-refractivity contribution >= 4 is 0 Å². The van der Waals surface area contributed by atoms with Gasteiger partial charge in [-0.1, -0.05) is 6.92 Å². The third-order valence-corrected chi connectivity index (χ3v) is 1.52. The van der Waals surface area contributed by atoms with Gasteiger partial charge in [-0.2, -0.15) is 0 Å². The number of ether oxygens (including phenoxy) is 1. The molecule has 74 valence electrons. The Labute approximate surface area is 71.2 Å². The molecule has 0 saturated heterocycles. The minimum atomic E-state index is -1.34. The molecule has 0 amide bonds. The third kappa shape index (κ3) is 3.99. The van der Waals surface area contributed by atoms with Crippen molar-refractivity contribution < 1.29 is 25.2 Å².